The summed E-state index contributed by atoms with van der Waals surface area (Å²) >= 11 is 3.55. The van der Waals surface area contributed by atoms with E-state index in [0.29, 0.717) is 5.25 Å². The van der Waals surface area contributed by atoms with Gasteiger partial charge in [-0.1, -0.05) is 22.6 Å². The molecule has 1 aliphatic carbocycles. The monoisotopic (exact) mass is 283 g/mol. The van der Waals surface area contributed by atoms with Gasteiger partial charge in [0.25, 0.3) is 0 Å². The Morgan fingerprint density at radius 2 is 2.27 bits per heavy atom. The second kappa shape index (κ2) is 4.53. The summed E-state index contributed by atoms with van der Waals surface area (Å²) in [5.41, 5.74) is 0. The van der Waals surface area contributed by atoms with E-state index >= 15 is 0 Å². The molecule has 1 N–H and O–H groups in total. The van der Waals surface area contributed by atoms with Gasteiger partial charge < -0.3 is 5.11 Å². The number of aliphatic hydroxyl groups excluding tert-OH is 1. The summed E-state index contributed by atoms with van der Waals surface area (Å²) in [6.45, 7) is 0. The van der Waals surface area contributed by atoms with Gasteiger partial charge in [-0.05, 0) is 31.0 Å². The van der Waals surface area contributed by atoms with Gasteiger partial charge in [0.2, 0.25) is 0 Å². The molecule has 0 radical (unpaired) electrons. The van der Waals surface area contributed by atoms with Crippen molar-refractivity contribution in [3.8, 4) is 5.40 Å². The number of nitriles is 1. The third-order valence-electron chi connectivity index (χ3n) is 1.92. The van der Waals surface area contributed by atoms with Crippen molar-refractivity contribution in [3.05, 3.63) is 0 Å². The fourth-order valence-electron chi connectivity index (χ4n) is 1.29. The lowest BCUT2D eigenvalue weighted by atomic mass is 9.97. The molecule has 0 bridgehead atoms. The fourth-order valence-corrected chi connectivity index (χ4v) is 3.18. The standard InChI is InChI=1S/C7H10INOS/c8-7-5(10)2-1-3-6(7)11-4-9/h5-7,10H,1-3H2/t5-,6-,7-/m1/s1. The van der Waals surface area contributed by atoms with Gasteiger partial charge in [-0.2, -0.15) is 5.26 Å². The van der Waals surface area contributed by atoms with Gasteiger partial charge in [0.05, 0.1) is 6.10 Å². The average molecular weight is 283 g/mol. The van der Waals surface area contributed by atoms with E-state index in [1.54, 1.807) is 0 Å². The summed E-state index contributed by atoms with van der Waals surface area (Å²) in [5, 5.41) is 20.3. The van der Waals surface area contributed by atoms with Crippen molar-refractivity contribution in [2.24, 2.45) is 0 Å². The Hall–Kier alpha value is 0.530. The van der Waals surface area contributed by atoms with Gasteiger partial charge in [0, 0.05) is 9.17 Å². The molecular weight excluding hydrogens is 273 g/mol. The zero-order valence-electron chi connectivity index (χ0n) is 6.03. The molecule has 1 saturated carbocycles. The molecule has 0 aromatic heterocycles. The van der Waals surface area contributed by atoms with Crippen LogP contribution >= 0.6 is 34.4 Å². The first kappa shape index (κ1) is 9.62. The third kappa shape index (κ3) is 2.49. The molecule has 0 amide bonds. The predicted octanol–water partition coefficient (Wildman–Crippen LogP) is 1.92. The highest BCUT2D eigenvalue weighted by molar-refractivity contribution is 14.1. The summed E-state index contributed by atoms with van der Waals surface area (Å²) in [6.07, 6.45) is 2.83. The van der Waals surface area contributed by atoms with Crippen LogP contribution in [-0.4, -0.2) is 20.4 Å². The number of alkyl halides is 1. The second-order valence-corrected chi connectivity index (χ2v) is 5.15. The molecule has 0 aliphatic heterocycles. The zero-order chi connectivity index (χ0) is 8.27. The molecule has 0 spiro atoms. The number of nitrogens with zero attached hydrogens (tertiary/aromatic N) is 1. The molecule has 0 heterocycles. The fraction of sp³-hybridized carbons (Fsp3) is 0.857. The van der Waals surface area contributed by atoms with Crippen LogP contribution in [0.25, 0.3) is 0 Å². The first-order valence-electron chi connectivity index (χ1n) is 3.62. The number of aliphatic hydroxyl groups is 1. The highest BCUT2D eigenvalue weighted by Crippen LogP contribution is 2.33. The van der Waals surface area contributed by atoms with E-state index in [9.17, 15) is 5.11 Å². The summed E-state index contributed by atoms with van der Waals surface area (Å²) in [5.74, 6) is 0. The molecule has 62 valence electrons. The van der Waals surface area contributed by atoms with E-state index in [1.165, 1.54) is 11.8 Å². The van der Waals surface area contributed by atoms with Gasteiger partial charge >= 0.3 is 0 Å². The van der Waals surface area contributed by atoms with Crippen LogP contribution in [-0.2, 0) is 0 Å². The lowest BCUT2D eigenvalue weighted by molar-refractivity contribution is 0.145. The van der Waals surface area contributed by atoms with Gasteiger partial charge in [-0.15, -0.1) is 0 Å². The van der Waals surface area contributed by atoms with Crippen LogP contribution in [0.15, 0.2) is 0 Å². The van der Waals surface area contributed by atoms with E-state index in [4.69, 9.17) is 5.26 Å². The number of thiocyanates is 1. The lowest BCUT2D eigenvalue weighted by Crippen LogP contribution is -2.34. The van der Waals surface area contributed by atoms with E-state index in [0.717, 1.165) is 19.3 Å². The second-order valence-electron chi connectivity index (χ2n) is 2.69. The number of thioether (sulfide) groups is 1. The number of hydrogen-bond acceptors (Lipinski definition) is 3. The number of hydrogen-bond donors (Lipinski definition) is 1. The van der Waals surface area contributed by atoms with Crippen molar-refractivity contribution in [3.63, 3.8) is 0 Å². The number of rotatable bonds is 1. The Bertz CT molecular complexity index is 170. The molecule has 0 aromatic rings. The molecule has 0 saturated heterocycles. The molecule has 1 rings (SSSR count). The van der Waals surface area contributed by atoms with Gasteiger partial charge in [0.1, 0.15) is 5.40 Å². The smallest absolute Gasteiger partial charge is 0.133 e. The van der Waals surface area contributed by atoms with E-state index in [-0.39, 0.29) is 10.0 Å². The molecule has 2 nitrogen and oxygen atoms in total. The van der Waals surface area contributed by atoms with Gasteiger partial charge in [-0.3, -0.25) is 0 Å². The molecule has 4 heteroatoms. The van der Waals surface area contributed by atoms with Crippen LogP contribution in [0.1, 0.15) is 19.3 Å². The van der Waals surface area contributed by atoms with Crippen LogP contribution in [0.3, 0.4) is 0 Å². The van der Waals surface area contributed by atoms with Crippen molar-refractivity contribution in [2.75, 3.05) is 0 Å². The van der Waals surface area contributed by atoms with Crippen LogP contribution < -0.4 is 0 Å². The Morgan fingerprint density at radius 1 is 1.55 bits per heavy atom. The first-order valence-corrected chi connectivity index (χ1v) is 5.75. The van der Waals surface area contributed by atoms with Crippen LogP contribution in [0.2, 0.25) is 0 Å². The molecule has 0 unspecified atom stereocenters. The molecule has 1 fully saturated rings. The molecule has 11 heavy (non-hydrogen) atoms. The van der Waals surface area contributed by atoms with Crippen LogP contribution in [0, 0.1) is 10.7 Å². The minimum Gasteiger partial charge on any atom is -0.392 e. The topological polar surface area (TPSA) is 44.0 Å². The maximum atomic E-state index is 9.44. The summed E-state index contributed by atoms with van der Waals surface area (Å²) in [7, 11) is 0. The van der Waals surface area contributed by atoms with Crippen molar-refractivity contribution in [1.29, 1.82) is 5.26 Å². The maximum absolute atomic E-state index is 9.44. The molecule has 1 aliphatic rings. The SMILES string of the molecule is N#CS[C@@H]1CCC[C@@H](O)[C@H]1I. The van der Waals surface area contributed by atoms with Crippen molar-refractivity contribution in [2.45, 2.75) is 34.5 Å². The van der Waals surface area contributed by atoms with E-state index in [1.807, 2.05) is 0 Å². The normalized spacial score (nSPS) is 38.1. The Balaban J connectivity index is 2.45. The highest BCUT2D eigenvalue weighted by Gasteiger charge is 2.30. The van der Waals surface area contributed by atoms with Crippen molar-refractivity contribution in [1.82, 2.24) is 0 Å². The van der Waals surface area contributed by atoms with Crippen molar-refractivity contribution < 1.29 is 5.11 Å². The van der Waals surface area contributed by atoms with Crippen LogP contribution in [0.5, 0.6) is 0 Å². The maximum Gasteiger partial charge on any atom is 0.133 e. The highest BCUT2D eigenvalue weighted by atomic mass is 127. The Morgan fingerprint density at radius 3 is 2.91 bits per heavy atom. The molecule has 3 atom stereocenters. The van der Waals surface area contributed by atoms with Crippen molar-refractivity contribution >= 4 is 34.4 Å². The minimum atomic E-state index is -0.199. The minimum absolute atomic E-state index is 0.199. The summed E-state index contributed by atoms with van der Waals surface area (Å²) < 4.78 is 0.256. The van der Waals surface area contributed by atoms with E-state index in [2.05, 4.69) is 28.0 Å². The van der Waals surface area contributed by atoms with Gasteiger partial charge in [0.15, 0.2) is 0 Å². The zero-order valence-corrected chi connectivity index (χ0v) is 9.01. The third-order valence-corrected chi connectivity index (χ3v) is 5.04. The lowest BCUT2D eigenvalue weighted by Gasteiger charge is -2.29. The van der Waals surface area contributed by atoms with Gasteiger partial charge in [-0.25, -0.2) is 0 Å². The largest absolute Gasteiger partial charge is 0.392 e. The first-order chi connectivity index (χ1) is 5.25. The predicted molar refractivity (Wildman–Crippen MR) is 54.7 cm³/mol. The molecule has 0 aromatic carbocycles. The van der Waals surface area contributed by atoms with Crippen LogP contribution in [0.4, 0.5) is 0 Å². The number of halogens is 1. The Kier molecular flexibility index (Phi) is 3.96. The quantitative estimate of drug-likeness (QED) is 0.454. The Labute approximate surface area is 84.5 Å². The van der Waals surface area contributed by atoms with E-state index < -0.39 is 0 Å². The average Bonchev–Trinajstić information content (AvgIpc) is 1.99. The summed E-state index contributed by atoms with van der Waals surface area (Å²) in [4.78, 5) is 0. The summed E-state index contributed by atoms with van der Waals surface area (Å²) in [6, 6.07) is 0. The molecular formula is C7H10INOS.